The van der Waals surface area contributed by atoms with Crippen LogP contribution < -0.4 is 0 Å². The molecule has 4 nitrogen and oxygen atoms in total. The maximum Gasteiger partial charge on any atom is 0.234 e. The molecule has 0 saturated carbocycles. The van der Waals surface area contributed by atoms with E-state index >= 15 is 0 Å². The molecule has 0 aromatic heterocycles. The van der Waals surface area contributed by atoms with Crippen LogP contribution in [0.25, 0.3) is 0 Å². The van der Waals surface area contributed by atoms with Crippen LogP contribution in [0.1, 0.15) is 32.6 Å². The number of likely N-dealkylation sites (tertiary alicyclic amines) is 1. The van der Waals surface area contributed by atoms with Crippen molar-refractivity contribution in [3.8, 4) is 6.07 Å². The number of nitriles is 1. The van der Waals surface area contributed by atoms with E-state index in [1.807, 2.05) is 19.1 Å². The first-order valence-corrected chi connectivity index (χ1v) is 6.12. The van der Waals surface area contributed by atoms with Crippen LogP contribution in [0.2, 0.25) is 0 Å². The van der Waals surface area contributed by atoms with Crippen molar-refractivity contribution in [1.29, 1.82) is 5.26 Å². The van der Waals surface area contributed by atoms with Crippen LogP contribution in [0.3, 0.4) is 0 Å². The van der Waals surface area contributed by atoms with E-state index in [0.29, 0.717) is 19.3 Å². The average molecular weight is 232 g/mol. The summed E-state index contributed by atoms with van der Waals surface area (Å²) in [6.07, 6.45) is 6.55. The number of fused-ring (bicyclic) bond motifs is 1. The highest BCUT2D eigenvalue weighted by Crippen LogP contribution is 2.36. The maximum absolute atomic E-state index is 12.1. The molecule has 1 aliphatic carbocycles. The molecule has 2 rings (SSSR count). The molecule has 3 unspecified atom stereocenters. The van der Waals surface area contributed by atoms with E-state index in [2.05, 4.69) is 6.07 Å². The summed E-state index contributed by atoms with van der Waals surface area (Å²) in [4.78, 5) is 25.5. The number of hydrogen-bond acceptors (Lipinski definition) is 3. The fourth-order valence-corrected chi connectivity index (χ4v) is 2.66. The molecule has 0 aromatic rings. The smallest absolute Gasteiger partial charge is 0.234 e. The largest absolute Gasteiger partial charge is 0.274 e. The molecule has 0 spiro atoms. The fourth-order valence-electron chi connectivity index (χ4n) is 2.66. The lowest BCUT2D eigenvalue weighted by atomic mass is 9.85. The lowest BCUT2D eigenvalue weighted by Crippen LogP contribution is -2.39. The molecule has 0 N–H and O–H groups in total. The van der Waals surface area contributed by atoms with Crippen molar-refractivity contribution in [3.05, 3.63) is 12.2 Å². The van der Waals surface area contributed by atoms with Crippen LogP contribution >= 0.6 is 0 Å². The van der Waals surface area contributed by atoms with Gasteiger partial charge in [-0.15, -0.1) is 0 Å². The molecule has 1 saturated heterocycles. The van der Waals surface area contributed by atoms with Gasteiger partial charge in [-0.3, -0.25) is 14.5 Å². The third-order valence-corrected chi connectivity index (χ3v) is 3.56. The Balaban J connectivity index is 2.23. The molecule has 4 heteroatoms. The van der Waals surface area contributed by atoms with Gasteiger partial charge in [0.1, 0.15) is 6.04 Å². The number of hydrogen-bond donors (Lipinski definition) is 0. The van der Waals surface area contributed by atoms with Gasteiger partial charge in [-0.05, 0) is 19.3 Å². The monoisotopic (exact) mass is 232 g/mol. The van der Waals surface area contributed by atoms with Crippen LogP contribution in [0.15, 0.2) is 12.2 Å². The fraction of sp³-hybridized carbons (Fsp3) is 0.615. The van der Waals surface area contributed by atoms with E-state index in [1.165, 1.54) is 4.90 Å². The molecular formula is C13H16N2O2. The maximum atomic E-state index is 12.1. The minimum atomic E-state index is -0.578. The van der Waals surface area contributed by atoms with Gasteiger partial charge in [0.15, 0.2) is 0 Å². The highest BCUT2D eigenvalue weighted by molar-refractivity contribution is 6.06. The minimum absolute atomic E-state index is 0.149. The molecule has 0 radical (unpaired) electrons. The van der Waals surface area contributed by atoms with Crippen molar-refractivity contribution < 1.29 is 9.59 Å². The summed E-state index contributed by atoms with van der Waals surface area (Å²) in [6, 6.07) is 1.50. The van der Waals surface area contributed by atoms with Gasteiger partial charge in [0.05, 0.1) is 17.9 Å². The van der Waals surface area contributed by atoms with Crippen LogP contribution in [0.4, 0.5) is 0 Å². The van der Waals surface area contributed by atoms with E-state index in [9.17, 15) is 9.59 Å². The third kappa shape index (κ3) is 1.86. The van der Waals surface area contributed by atoms with Crippen LogP contribution in [-0.4, -0.2) is 22.8 Å². The first-order chi connectivity index (χ1) is 8.20. The number of imide groups is 1. The normalized spacial score (nSPS) is 29.1. The second kappa shape index (κ2) is 4.70. The number of rotatable bonds is 3. The van der Waals surface area contributed by atoms with Crippen molar-refractivity contribution in [2.24, 2.45) is 11.8 Å². The molecule has 1 aliphatic heterocycles. The first kappa shape index (κ1) is 11.8. The van der Waals surface area contributed by atoms with E-state index in [1.54, 1.807) is 0 Å². The van der Waals surface area contributed by atoms with E-state index in [-0.39, 0.29) is 23.7 Å². The van der Waals surface area contributed by atoms with Gasteiger partial charge in [-0.1, -0.05) is 25.5 Å². The molecule has 0 bridgehead atoms. The Bertz CT molecular complexity index is 382. The SMILES string of the molecule is CCCC(C#N)N1C(=O)C2CC=CCC2C1=O. The van der Waals surface area contributed by atoms with Crippen molar-refractivity contribution in [3.63, 3.8) is 0 Å². The van der Waals surface area contributed by atoms with Crippen LogP contribution in [0.5, 0.6) is 0 Å². The quantitative estimate of drug-likeness (QED) is 0.549. The second-order valence-electron chi connectivity index (χ2n) is 4.64. The molecule has 3 atom stereocenters. The molecule has 1 fully saturated rings. The number of nitrogens with zero attached hydrogens (tertiary/aromatic N) is 2. The zero-order chi connectivity index (χ0) is 12.4. The Kier molecular flexibility index (Phi) is 3.28. The number of allylic oxidation sites excluding steroid dienone is 2. The summed E-state index contributed by atoms with van der Waals surface area (Å²) >= 11 is 0. The lowest BCUT2D eigenvalue weighted by molar-refractivity contribution is -0.141. The first-order valence-electron chi connectivity index (χ1n) is 6.12. The standard InChI is InChI=1S/C13H16N2O2/c1-2-5-9(8-14)15-12(16)10-6-3-4-7-11(10)13(15)17/h3-4,9-11H,2,5-7H2,1H3. The lowest BCUT2D eigenvalue weighted by Gasteiger charge is -2.20. The highest BCUT2D eigenvalue weighted by atomic mass is 16.2. The molecule has 0 aromatic carbocycles. The second-order valence-corrected chi connectivity index (χ2v) is 4.64. The Hall–Kier alpha value is -1.63. The van der Waals surface area contributed by atoms with Gasteiger partial charge in [0.25, 0.3) is 0 Å². The topological polar surface area (TPSA) is 61.2 Å². The Morgan fingerprint density at radius 3 is 2.29 bits per heavy atom. The third-order valence-electron chi connectivity index (χ3n) is 3.56. The van der Waals surface area contributed by atoms with Gasteiger partial charge in [-0.25, -0.2) is 0 Å². The van der Waals surface area contributed by atoms with Gasteiger partial charge in [0.2, 0.25) is 11.8 Å². The van der Waals surface area contributed by atoms with Gasteiger partial charge < -0.3 is 0 Å². The number of carbonyl (C=O) groups excluding carboxylic acids is 2. The van der Waals surface area contributed by atoms with Crippen molar-refractivity contribution in [1.82, 2.24) is 4.90 Å². The number of carbonyl (C=O) groups is 2. The summed E-state index contributed by atoms with van der Waals surface area (Å²) in [6.45, 7) is 1.95. The number of amides is 2. The van der Waals surface area contributed by atoms with Crippen LogP contribution in [-0.2, 0) is 9.59 Å². The predicted molar refractivity (Wildman–Crippen MR) is 61.5 cm³/mol. The Morgan fingerprint density at radius 1 is 1.35 bits per heavy atom. The Labute approximate surface area is 101 Å². The van der Waals surface area contributed by atoms with Gasteiger partial charge in [0, 0.05) is 0 Å². The summed E-state index contributed by atoms with van der Waals surface area (Å²) in [5, 5.41) is 9.07. The molecular weight excluding hydrogens is 216 g/mol. The van der Waals surface area contributed by atoms with E-state index in [0.717, 1.165) is 6.42 Å². The van der Waals surface area contributed by atoms with Gasteiger partial charge in [-0.2, -0.15) is 5.26 Å². The van der Waals surface area contributed by atoms with E-state index < -0.39 is 6.04 Å². The highest BCUT2D eigenvalue weighted by Gasteiger charge is 2.49. The molecule has 2 aliphatic rings. The van der Waals surface area contributed by atoms with Crippen molar-refractivity contribution in [2.45, 2.75) is 38.6 Å². The summed E-state index contributed by atoms with van der Waals surface area (Å²) in [7, 11) is 0. The molecule has 90 valence electrons. The zero-order valence-corrected chi connectivity index (χ0v) is 9.93. The molecule has 1 heterocycles. The summed E-state index contributed by atoms with van der Waals surface area (Å²) < 4.78 is 0. The predicted octanol–water partition coefficient (Wildman–Crippen LogP) is 1.63. The van der Waals surface area contributed by atoms with Crippen LogP contribution in [0, 0.1) is 23.2 Å². The zero-order valence-electron chi connectivity index (χ0n) is 9.93. The average Bonchev–Trinajstić information content (AvgIpc) is 2.61. The molecule has 17 heavy (non-hydrogen) atoms. The summed E-state index contributed by atoms with van der Waals surface area (Å²) in [5.74, 6) is -0.742. The Morgan fingerprint density at radius 2 is 1.88 bits per heavy atom. The van der Waals surface area contributed by atoms with Crippen molar-refractivity contribution >= 4 is 11.8 Å². The van der Waals surface area contributed by atoms with Gasteiger partial charge >= 0.3 is 0 Å². The van der Waals surface area contributed by atoms with Crippen molar-refractivity contribution in [2.75, 3.05) is 0 Å². The summed E-state index contributed by atoms with van der Waals surface area (Å²) in [5.41, 5.74) is 0. The molecule has 2 amide bonds. The minimum Gasteiger partial charge on any atom is -0.274 e. The van der Waals surface area contributed by atoms with E-state index in [4.69, 9.17) is 5.26 Å².